The van der Waals surface area contributed by atoms with E-state index in [2.05, 4.69) is 17.2 Å². The maximum absolute atomic E-state index is 6.24. The molecule has 1 N–H and O–H groups in total. The Kier molecular flexibility index (Phi) is 4.32. The molecule has 0 atom stereocenters. The fraction of sp³-hybridized carbons (Fsp3) is 0.375. The topological polar surface area (TPSA) is 37.8 Å². The third-order valence-electron chi connectivity index (χ3n) is 3.69. The van der Waals surface area contributed by atoms with E-state index in [0.717, 1.165) is 43.0 Å². The zero-order chi connectivity index (χ0) is 14.8. The Morgan fingerprint density at radius 3 is 2.81 bits per heavy atom. The number of anilines is 1. The van der Waals surface area contributed by atoms with Gasteiger partial charge in [0.2, 0.25) is 0 Å². The Morgan fingerprint density at radius 1 is 1.19 bits per heavy atom. The molecule has 5 heteroatoms. The van der Waals surface area contributed by atoms with Crippen molar-refractivity contribution in [2.45, 2.75) is 32.6 Å². The standard InChI is InChI=1S/C16H17Cl2N3/c1-2-19-16-12-4-3-5-14(12)20-15(21-16)8-10-6-7-11(17)9-13(10)18/h6-7,9H,2-5,8H2,1H3,(H,19,20,21). The molecule has 0 amide bonds. The van der Waals surface area contributed by atoms with E-state index in [4.69, 9.17) is 28.2 Å². The maximum Gasteiger partial charge on any atom is 0.135 e. The summed E-state index contributed by atoms with van der Waals surface area (Å²) >= 11 is 12.2. The molecule has 0 bridgehead atoms. The van der Waals surface area contributed by atoms with Gasteiger partial charge < -0.3 is 5.32 Å². The highest BCUT2D eigenvalue weighted by atomic mass is 35.5. The molecule has 1 heterocycles. The first-order chi connectivity index (χ1) is 10.2. The lowest BCUT2D eigenvalue weighted by molar-refractivity contribution is 0.885. The first-order valence-corrected chi connectivity index (χ1v) is 7.99. The van der Waals surface area contributed by atoms with Crippen LogP contribution in [0.5, 0.6) is 0 Å². The van der Waals surface area contributed by atoms with Crippen LogP contribution in [-0.4, -0.2) is 16.5 Å². The van der Waals surface area contributed by atoms with Crippen molar-refractivity contribution in [1.82, 2.24) is 9.97 Å². The molecule has 0 radical (unpaired) electrons. The monoisotopic (exact) mass is 321 g/mol. The van der Waals surface area contributed by atoms with Gasteiger partial charge in [-0.05, 0) is 43.9 Å². The molecule has 21 heavy (non-hydrogen) atoms. The highest BCUT2D eigenvalue weighted by molar-refractivity contribution is 6.35. The lowest BCUT2D eigenvalue weighted by atomic mass is 10.1. The van der Waals surface area contributed by atoms with E-state index in [0.29, 0.717) is 16.5 Å². The van der Waals surface area contributed by atoms with Gasteiger partial charge in [0.05, 0.1) is 0 Å². The highest BCUT2D eigenvalue weighted by Crippen LogP contribution is 2.28. The van der Waals surface area contributed by atoms with Crippen LogP contribution in [-0.2, 0) is 19.3 Å². The van der Waals surface area contributed by atoms with Crippen LogP contribution in [0.4, 0.5) is 5.82 Å². The third-order valence-corrected chi connectivity index (χ3v) is 4.27. The number of aromatic nitrogens is 2. The molecule has 1 aliphatic carbocycles. The molecule has 1 aliphatic rings. The average Bonchev–Trinajstić information content (AvgIpc) is 2.91. The zero-order valence-electron chi connectivity index (χ0n) is 11.9. The zero-order valence-corrected chi connectivity index (χ0v) is 13.4. The number of rotatable bonds is 4. The van der Waals surface area contributed by atoms with Gasteiger partial charge in [-0.25, -0.2) is 9.97 Å². The molecule has 0 saturated heterocycles. The van der Waals surface area contributed by atoms with Crippen molar-refractivity contribution in [2.24, 2.45) is 0 Å². The Bertz CT molecular complexity index is 671. The van der Waals surface area contributed by atoms with Crippen molar-refractivity contribution in [3.63, 3.8) is 0 Å². The number of halogens is 2. The van der Waals surface area contributed by atoms with Crippen molar-refractivity contribution >= 4 is 29.0 Å². The lowest BCUT2D eigenvalue weighted by Gasteiger charge is -2.11. The SMILES string of the molecule is CCNc1nc(Cc2ccc(Cl)cc2Cl)nc2c1CCC2. The van der Waals surface area contributed by atoms with E-state index in [1.165, 1.54) is 11.3 Å². The Hall–Kier alpha value is -1.32. The van der Waals surface area contributed by atoms with Gasteiger partial charge >= 0.3 is 0 Å². The van der Waals surface area contributed by atoms with Gasteiger partial charge in [0, 0.05) is 34.3 Å². The van der Waals surface area contributed by atoms with Crippen LogP contribution >= 0.6 is 23.2 Å². The summed E-state index contributed by atoms with van der Waals surface area (Å²) in [6, 6.07) is 5.55. The number of fused-ring (bicyclic) bond motifs is 1. The molecule has 1 aromatic heterocycles. The second-order valence-electron chi connectivity index (χ2n) is 5.21. The maximum atomic E-state index is 6.24. The molecule has 0 aliphatic heterocycles. The molecule has 0 unspecified atom stereocenters. The van der Waals surface area contributed by atoms with Crippen molar-refractivity contribution < 1.29 is 0 Å². The van der Waals surface area contributed by atoms with Crippen molar-refractivity contribution in [3.8, 4) is 0 Å². The molecular formula is C16H17Cl2N3. The summed E-state index contributed by atoms with van der Waals surface area (Å²) in [6.07, 6.45) is 3.90. The van der Waals surface area contributed by atoms with Crippen LogP contribution in [0.1, 0.15) is 36.0 Å². The van der Waals surface area contributed by atoms with Gasteiger partial charge in [-0.1, -0.05) is 29.3 Å². The number of hydrogen-bond donors (Lipinski definition) is 1. The van der Waals surface area contributed by atoms with E-state index < -0.39 is 0 Å². The highest BCUT2D eigenvalue weighted by Gasteiger charge is 2.19. The predicted octanol–water partition coefficient (Wildman–Crippen LogP) is 4.29. The fourth-order valence-electron chi connectivity index (χ4n) is 2.71. The molecule has 110 valence electrons. The van der Waals surface area contributed by atoms with Crippen LogP contribution in [0.25, 0.3) is 0 Å². The van der Waals surface area contributed by atoms with Gasteiger partial charge in [0.15, 0.2) is 0 Å². The van der Waals surface area contributed by atoms with Gasteiger partial charge in [0.1, 0.15) is 11.6 Å². The third kappa shape index (κ3) is 3.14. The molecule has 3 nitrogen and oxygen atoms in total. The summed E-state index contributed by atoms with van der Waals surface area (Å²) in [5.74, 6) is 1.80. The summed E-state index contributed by atoms with van der Waals surface area (Å²) in [5, 5.41) is 4.66. The first kappa shape index (κ1) is 14.6. The summed E-state index contributed by atoms with van der Waals surface area (Å²) in [6.45, 7) is 2.95. The molecule has 1 aromatic carbocycles. The first-order valence-electron chi connectivity index (χ1n) is 7.24. The number of aryl methyl sites for hydroxylation is 1. The van der Waals surface area contributed by atoms with E-state index in [-0.39, 0.29) is 0 Å². The van der Waals surface area contributed by atoms with Crippen molar-refractivity contribution in [1.29, 1.82) is 0 Å². The molecule has 2 aromatic rings. The van der Waals surface area contributed by atoms with E-state index in [9.17, 15) is 0 Å². The second kappa shape index (κ2) is 6.20. The Morgan fingerprint density at radius 2 is 2.05 bits per heavy atom. The number of nitrogens with zero attached hydrogens (tertiary/aromatic N) is 2. The summed E-state index contributed by atoms with van der Waals surface area (Å²) in [5.41, 5.74) is 3.46. The van der Waals surface area contributed by atoms with Crippen LogP contribution in [0.2, 0.25) is 10.0 Å². The van der Waals surface area contributed by atoms with Gasteiger partial charge in [-0.3, -0.25) is 0 Å². The minimum Gasteiger partial charge on any atom is -0.370 e. The van der Waals surface area contributed by atoms with Crippen molar-refractivity contribution in [3.05, 3.63) is 50.9 Å². The minimum absolute atomic E-state index is 0.627. The van der Waals surface area contributed by atoms with Crippen LogP contribution < -0.4 is 5.32 Å². The number of nitrogens with one attached hydrogen (secondary N) is 1. The van der Waals surface area contributed by atoms with Gasteiger partial charge in [0.25, 0.3) is 0 Å². The quantitative estimate of drug-likeness (QED) is 0.912. The Balaban J connectivity index is 1.93. The average molecular weight is 322 g/mol. The molecule has 3 rings (SSSR count). The largest absolute Gasteiger partial charge is 0.370 e. The van der Waals surface area contributed by atoms with E-state index in [1.807, 2.05) is 12.1 Å². The minimum atomic E-state index is 0.627. The Labute approximate surface area is 134 Å². The normalized spacial score (nSPS) is 13.3. The number of hydrogen-bond acceptors (Lipinski definition) is 3. The lowest BCUT2D eigenvalue weighted by Crippen LogP contribution is -2.09. The summed E-state index contributed by atoms with van der Waals surface area (Å²) in [7, 11) is 0. The molecular weight excluding hydrogens is 305 g/mol. The van der Waals surface area contributed by atoms with Crippen LogP contribution in [0.15, 0.2) is 18.2 Å². The van der Waals surface area contributed by atoms with E-state index >= 15 is 0 Å². The van der Waals surface area contributed by atoms with E-state index in [1.54, 1.807) is 6.07 Å². The summed E-state index contributed by atoms with van der Waals surface area (Å²) in [4.78, 5) is 9.39. The fourth-order valence-corrected chi connectivity index (χ4v) is 3.19. The van der Waals surface area contributed by atoms with Gasteiger partial charge in [-0.15, -0.1) is 0 Å². The predicted molar refractivity (Wildman–Crippen MR) is 87.5 cm³/mol. The second-order valence-corrected chi connectivity index (χ2v) is 6.05. The van der Waals surface area contributed by atoms with Crippen LogP contribution in [0.3, 0.4) is 0 Å². The van der Waals surface area contributed by atoms with Crippen molar-refractivity contribution in [2.75, 3.05) is 11.9 Å². The van der Waals surface area contributed by atoms with Gasteiger partial charge in [-0.2, -0.15) is 0 Å². The smallest absolute Gasteiger partial charge is 0.135 e. The molecule has 0 fully saturated rings. The van der Waals surface area contributed by atoms with Crippen LogP contribution in [0, 0.1) is 0 Å². The number of benzene rings is 1. The molecule has 0 spiro atoms. The summed E-state index contributed by atoms with van der Waals surface area (Å²) < 4.78 is 0. The molecule has 0 saturated carbocycles.